The van der Waals surface area contributed by atoms with E-state index in [0.717, 1.165) is 12.8 Å². The molecule has 80 valence electrons. The van der Waals surface area contributed by atoms with E-state index in [-0.39, 0.29) is 5.91 Å². The quantitative estimate of drug-likeness (QED) is 0.709. The predicted octanol–water partition coefficient (Wildman–Crippen LogP) is 2.38. The fourth-order valence-electron chi connectivity index (χ4n) is 1.28. The Labute approximate surface area is 86.5 Å². The summed E-state index contributed by atoms with van der Waals surface area (Å²) in [5.41, 5.74) is -0.648. The maximum absolute atomic E-state index is 11.4. The Balaban J connectivity index is 4.18. The Kier molecular flexibility index (Phi) is 5.94. The van der Waals surface area contributed by atoms with Crippen molar-refractivity contribution in [1.29, 1.82) is 5.26 Å². The van der Waals surface area contributed by atoms with Crippen LogP contribution in [0.2, 0.25) is 0 Å². The number of nitrogens with zero attached hydrogens (tertiary/aromatic N) is 1. The SMILES string of the molecule is CCCCC(=O)NC(C#N)(CC)CC. The first kappa shape index (κ1) is 13.0. The number of rotatable bonds is 6. The highest BCUT2D eigenvalue weighted by atomic mass is 16.1. The molecule has 0 aliphatic heterocycles. The minimum atomic E-state index is -0.648. The van der Waals surface area contributed by atoms with Gasteiger partial charge in [-0.1, -0.05) is 27.2 Å². The van der Waals surface area contributed by atoms with Gasteiger partial charge in [-0.3, -0.25) is 4.79 Å². The van der Waals surface area contributed by atoms with Gasteiger partial charge in [0.25, 0.3) is 0 Å². The normalized spacial score (nSPS) is 10.7. The monoisotopic (exact) mass is 196 g/mol. The number of nitriles is 1. The van der Waals surface area contributed by atoms with Crippen molar-refractivity contribution in [3.63, 3.8) is 0 Å². The lowest BCUT2D eigenvalue weighted by molar-refractivity contribution is -0.122. The molecule has 0 spiro atoms. The molecule has 0 aromatic rings. The average molecular weight is 196 g/mol. The van der Waals surface area contributed by atoms with Crippen LogP contribution in [0.15, 0.2) is 0 Å². The molecule has 0 aromatic heterocycles. The summed E-state index contributed by atoms with van der Waals surface area (Å²) in [6.07, 6.45) is 3.75. The van der Waals surface area contributed by atoms with Crippen LogP contribution in [-0.4, -0.2) is 11.4 Å². The van der Waals surface area contributed by atoms with Crippen LogP contribution < -0.4 is 5.32 Å². The standard InChI is InChI=1S/C11H20N2O/c1-4-7-8-10(14)13-11(5-2,6-3)9-12/h4-8H2,1-3H3,(H,13,14). The van der Waals surface area contributed by atoms with E-state index in [2.05, 4.69) is 11.4 Å². The fraction of sp³-hybridized carbons (Fsp3) is 0.818. The molecule has 0 atom stereocenters. The van der Waals surface area contributed by atoms with Gasteiger partial charge >= 0.3 is 0 Å². The first-order chi connectivity index (χ1) is 6.64. The molecular formula is C11H20N2O. The van der Waals surface area contributed by atoms with E-state index >= 15 is 0 Å². The van der Waals surface area contributed by atoms with Crippen LogP contribution in [-0.2, 0) is 4.79 Å². The Morgan fingerprint density at radius 2 is 1.93 bits per heavy atom. The molecule has 0 unspecified atom stereocenters. The minimum absolute atomic E-state index is 0.00269. The van der Waals surface area contributed by atoms with E-state index in [1.807, 2.05) is 20.8 Å². The molecular weight excluding hydrogens is 176 g/mol. The van der Waals surface area contributed by atoms with Gasteiger partial charge in [-0.25, -0.2) is 0 Å². The average Bonchev–Trinajstić information content (AvgIpc) is 2.23. The van der Waals surface area contributed by atoms with Gasteiger partial charge in [-0.2, -0.15) is 5.26 Å². The third kappa shape index (κ3) is 3.78. The molecule has 3 nitrogen and oxygen atoms in total. The van der Waals surface area contributed by atoms with E-state index in [9.17, 15) is 4.79 Å². The predicted molar refractivity (Wildman–Crippen MR) is 56.6 cm³/mol. The van der Waals surface area contributed by atoms with Crippen LogP contribution >= 0.6 is 0 Å². The van der Waals surface area contributed by atoms with Crippen LogP contribution in [0.25, 0.3) is 0 Å². The van der Waals surface area contributed by atoms with E-state index in [1.54, 1.807) is 0 Å². The Morgan fingerprint density at radius 1 is 1.36 bits per heavy atom. The van der Waals surface area contributed by atoms with Crippen molar-refractivity contribution in [3.05, 3.63) is 0 Å². The van der Waals surface area contributed by atoms with Gasteiger partial charge < -0.3 is 5.32 Å². The van der Waals surface area contributed by atoms with Gasteiger partial charge in [-0.05, 0) is 19.3 Å². The maximum Gasteiger partial charge on any atom is 0.221 e. The second-order valence-electron chi connectivity index (χ2n) is 3.55. The zero-order valence-electron chi connectivity index (χ0n) is 9.39. The topological polar surface area (TPSA) is 52.9 Å². The summed E-state index contributed by atoms with van der Waals surface area (Å²) in [7, 11) is 0. The zero-order valence-corrected chi connectivity index (χ0v) is 9.39. The number of carbonyl (C=O) groups is 1. The lowest BCUT2D eigenvalue weighted by Gasteiger charge is -2.24. The number of amides is 1. The second-order valence-corrected chi connectivity index (χ2v) is 3.55. The molecule has 1 N–H and O–H groups in total. The highest BCUT2D eigenvalue weighted by molar-refractivity contribution is 5.77. The fourth-order valence-corrected chi connectivity index (χ4v) is 1.28. The molecule has 0 heterocycles. The van der Waals surface area contributed by atoms with Gasteiger partial charge in [0, 0.05) is 6.42 Å². The lowest BCUT2D eigenvalue weighted by Crippen LogP contribution is -2.46. The summed E-state index contributed by atoms with van der Waals surface area (Å²) in [4.78, 5) is 11.4. The van der Waals surface area contributed by atoms with Crippen molar-refractivity contribution < 1.29 is 4.79 Å². The van der Waals surface area contributed by atoms with Crippen LogP contribution in [0.4, 0.5) is 0 Å². The number of nitrogens with one attached hydrogen (secondary N) is 1. The third-order valence-corrected chi connectivity index (χ3v) is 2.56. The molecule has 0 bridgehead atoms. The van der Waals surface area contributed by atoms with Gasteiger partial charge in [0.15, 0.2) is 0 Å². The second kappa shape index (κ2) is 6.42. The minimum Gasteiger partial charge on any atom is -0.338 e. The van der Waals surface area contributed by atoms with Crippen molar-refractivity contribution in [1.82, 2.24) is 5.32 Å². The Hall–Kier alpha value is -1.04. The van der Waals surface area contributed by atoms with Gasteiger partial charge in [0.2, 0.25) is 5.91 Å². The smallest absolute Gasteiger partial charge is 0.221 e. The van der Waals surface area contributed by atoms with E-state index in [1.165, 1.54) is 0 Å². The molecule has 0 saturated carbocycles. The molecule has 0 saturated heterocycles. The summed E-state index contributed by atoms with van der Waals surface area (Å²) in [5.74, 6) is -0.00269. The van der Waals surface area contributed by atoms with Crippen LogP contribution in [0.3, 0.4) is 0 Å². The van der Waals surface area contributed by atoms with Gasteiger partial charge in [0.05, 0.1) is 6.07 Å². The van der Waals surface area contributed by atoms with Crippen molar-refractivity contribution in [2.24, 2.45) is 0 Å². The third-order valence-electron chi connectivity index (χ3n) is 2.56. The Bertz CT molecular complexity index is 214. The highest BCUT2D eigenvalue weighted by Crippen LogP contribution is 2.13. The summed E-state index contributed by atoms with van der Waals surface area (Å²) in [5, 5.41) is 11.8. The molecule has 0 fully saturated rings. The molecule has 0 rings (SSSR count). The molecule has 3 heteroatoms. The summed E-state index contributed by atoms with van der Waals surface area (Å²) in [6, 6.07) is 2.19. The van der Waals surface area contributed by atoms with Crippen LogP contribution in [0, 0.1) is 11.3 Å². The molecule has 14 heavy (non-hydrogen) atoms. The summed E-state index contributed by atoms with van der Waals surface area (Å²) in [6.45, 7) is 5.89. The zero-order chi connectivity index (χ0) is 11.0. The number of hydrogen-bond acceptors (Lipinski definition) is 2. The van der Waals surface area contributed by atoms with E-state index in [4.69, 9.17) is 5.26 Å². The largest absolute Gasteiger partial charge is 0.338 e. The molecule has 0 aliphatic rings. The number of unbranched alkanes of at least 4 members (excludes halogenated alkanes) is 1. The van der Waals surface area contributed by atoms with Crippen LogP contribution in [0.5, 0.6) is 0 Å². The van der Waals surface area contributed by atoms with Crippen molar-refractivity contribution in [3.8, 4) is 6.07 Å². The first-order valence-corrected chi connectivity index (χ1v) is 5.36. The molecule has 0 aromatic carbocycles. The first-order valence-electron chi connectivity index (χ1n) is 5.36. The number of hydrogen-bond donors (Lipinski definition) is 1. The lowest BCUT2D eigenvalue weighted by atomic mass is 9.94. The van der Waals surface area contributed by atoms with Crippen molar-refractivity contribution in [2.75, 3.05) is 0 Å². The summed E-state index contributed by atoms with van der Waals surface area (Å²) >= 11 is 0. The van der Waals surface area contributed by atoms with Crippen molar-refractivity contribution in [2.45, 2.75) is 58.4 Å². The van der Waals surface area contributed by atoms with Crippen LogP contribution in [0.1, 0.15) is 52.9 Å². The molecule has 0 radical (unpaired) electrons. The number of carbonyl (C=O) groups excluding carboxylic acids is 1. The Morgan fingerprint density at radius 3 is 2.29 bits per heavy atom. The van der Waals surface area contributed by atoms with Gasteiger partial charge in [-0.15, -0.1) is 0 Å². The maximum atomic E-state index is 11.4. The summed E-state index contributed by atoms with van der Waals surface area (Å²) < 4.78 is 0. The van der Waals surface area contributed by atoms with E-state index < -0.39 is 5.54 Å². The van der Waals surface area contributed by atoms with E-state index in [0.29, 0.717) is 19.3 Å². The highest BCUT2D eigenvalue weighted by Gasteiger charge is 2.26. The van der Waals surface area contributed by atoms with Gasteiger partial charge in [0.1, 0.15) is 5.54 Å². The molecule has 1 amide bonds. The molecule has 0 aliphatic carbocycles. The van der Waals surface area contributed by atoms with Crippen molar-refractivity contribution >= 4 is 5.91 Å².